The summed E-state index contributed by atoms with van der Waals surface area (Å²) in [5.41, 5.74) is 6.38. The van der Waals surface area contributed by atoms with Crippen LogP contribution in [-0.2, 0) is 24.6 Å². The van der Waals surface area contributed by atoms with Crippen molar-refractivity contribution in [3.63, 3.8) is 0 Å². The van der Waals surface area contributed by atoms with Crippen LogP contribution in [0.5, 0.6) is 5.75 Å². The number of rotatable bonds is 7. The van der Waals surface area contributed by atoms with Gasteiger partial charge in [0, 0.05) is 22.6 Å². The van der Waals surface area contributed by atoms with Gasteiger partial charge in [-0.1, -0.05) is 108 Å². The zero-order chi connectivity index (χ0) is 38.0. The second kappa shape index (κ2) is 13.1. The summed E-state index contributed by atoms with van der Waals surface area (Å²) in [7, 11) is 0. The van der Waals surface area contributed by atoms with Crippen LogP contribution in [0.3, 0.4) is 0 Å². The number of nitrogens with zero attached hydrogens (tertiary/aromatic N) is 2. The summed E-state index contributed by atoms with van der Waals surface area (Å²) in [5, 5.41) is 12.6. The monoisotopic (exact) mass is 727 g/mol. The van der Waals surface area contributed by atoms with E-state index in [4.69, 9.17) is 0 Å². The quantitative estimate of drug-likeness (QED) is 0.104. The first-order valence-electron chi connectivity index (χ1n) is 18.5. The molecule has 0 spiro atoms. The second-order valence-electron chi connectivity index (χ2n) is 14.9. The maximum Gasteiger partial charge on any atom is 0.260 e. The molecule has 2 N–H and O–H groups in total. The predicted molar refractivity (Wildman–Crippen MR) is 206 cm³/mol. The lowest BCUT2D eigenvalue weighted by molar-refractivity contribution is -0.138. The van der Waals surface area contributed by atoms with Crippen LogP contribution in [0.4, 0.5) is 11.4 Å². The van der Waals surface area contributed by atoms with Crippen LogP contribution in [0.25, 0.3) is 0 Å². The molecule has 2 heterocycles. The maximum atomic E-state index is 15.2. The van der Waals surface area contributed by atoms with Crippen LogP contribution in [0.1, 0.15) is 51.4 Å². The molecule has 272 valence electrons. The lowest BCUT2D eigenvalue weighted by atomic mass is 9.49. The van der Waals surface area contributed by atoms with Crippen molar-refractivity contribution in [2.75, 3.05) is 10.3 Å². The van der Waals surface area contributed by atoms with Crippen molar-refractivity contribution < 1.29 is 29.1 Å². The number of imide groups is 2. The Morgan fingerprint density at radius 2 is 1.35 bits per heavy atom. The van der Waals surface area contributed by atoms with Gasteiger partial charge in [0.2, 0.25) is 11.8 Å². The summed E-state index contributed by atoms with van der Waals surface area (Å²) in [6.07, 6.45) is 2.35. The summed E-state index contributed by atoms with van der Waals surface area (Å²) < 4.78 is 0. The molecule has 1 saturated carbocycles. The standard InChI is InChI=1S/C46H37N3O6/c1-27-16-20-31(21-17-27)47-49-43(53)37-26-36-33(40(34-14-8-9-15-38(34)50)46(37,45(49)55)30-12-6-3-7-13-30)24-25-35-39(36)44(54)48(42(35)52)32-22-18-29(19-23-32)41(51)28-10-4-2-5-11-28/h2-24,35-37,39-40,47,50H,25-26H2,1H3. The number of phenolic OH excluding ortho intramolecular Hbond substituents is 1. The molecular weight excluding hydrogens is 691 g/mol. The lowest BCUT2D eigenvalue weighted by Gasteiger charge is -2.50. The Morgan fingerprint density at radius 1 is 0.709 bits per heavy atom. The molecule has 6 unspecified atom stereocenters. The van der Waals surface area contributed by atoms with Gasteiger partial charge in [-0.15, -0.1) is 0 Å². The van der Waals surface area contributed by atoms with E-state index in [2.05, 4.69) is 5.43 Å². The van der Waals surface area contributed by atoms with Crippen LogP contribution >= 0.6 is 0 Å². The van der Waals surface area contributed by atoms with E-state index >= 15 is 4.79 Å². The number of aryl methyl sites for hydroxylation is 1. The summed E-state index contributed by atoms with van der Waals surface area (Å²) in [5.74, 6) is -5.67. The van der Waals surface area contributed by atoms with Gasteiger partial charge in [0.25, 0.3) is 11.8 Å². The number of aromatic hydroxyl groups is 1. The molecule has 5 aromatic rings. The maximum absolute atomic E-state index is 15.2. The molecule has 5 aromatic carbocycles. The van der Waals surface area contributed by atoms with Gasteiger partial charge in [0.05, 0.1) is 34.5 Å². The third kappa shape index (κ3) is 5.17. The normalized spacial score (nSPS) is 25.6. The Morgan fingerprint density at radius 3 is 2.04 bits per heavy atom. The highest BCUT2D eigenvalue weighted by Crippen LogP contribution is 2.65. The SMILES string of the molecule is Cc1ccc(NN2C(=O)C3CC4C(=CCC5C(=O)N(c6ccc(C(=O)c7ccccc7)cc6)C(=O)C54)C(c4ccccc4O)C3(c3ccccc3)C2=O)cc1. The van der Waals surface area contributed by atoms with Gasteiger partial charge in [-0.25, -0.2) is 0 Å². The van der Waals surface area contributed by atoms with E-state index < -0.39 is 46.8 Å². The number of carbonyl (C=O) groups excluding carboxylic acids is 5. The van der Waals surface area contributed by atoms with E-state index in [-0.39, 0.29) is 36.2 Å². The number of benzene rings is 5. The number of phenols is 1. The number of nitrogens with one attached hydrogen (secondary N) is 1. The Kier molecular flexibility index (Phi) is 8.11. The Hall–Kier alpha value is -6.61. The minimum absolute atomic E-state index is 0.0315. The molecule has 4 aliphatic rings. The van der Waals surface area contributed by atoms with E-state index in [1.54, 1.807) is 72.8 Å². The van der Waals surface area contributed by atoms with E-state index in [9.17, 15) is 24.3 Å². The molecule has 0 radical (unpaired) electrons. The largest absolute Gasteiger partial charge is 0.508 e. The molecule has 2 aliphatic heterocycles. The number of hydrazine groups is 1. The third-order valence-electron chi connectivity index (χ3n) is 12.1. The average Bonchev–Trinajstić information content (AvgIpc) is 3.60. The van der Waals surface area contributed by atoms with E-state index in [1.807, 2.05) is 73.7 Å². The fourth-order valence-corrected chi connectivity index (χ4v) is 9.60. The Balaban J connectivity index is 1.14. The molecular formula is C46H37N3O6. The van der Waals surface area contributed by atoms with Crippen LogP contribution < -0.4 is 10.3 Å². The first-order valence-corrected chi connectivity index (χ1v) is 18.5. The molecule has 55 heavy (non-hydrogen) atoms. The summed E-state index contributed by atoms with van der Waals surface area (Å²) in [4.78, 5) is 73.3. The number of fused-ring (bicyclic) bond motifs is 4. The highest BCUT2D eigenvalue weighted by atomic mass is 16.3. The van der Waals surface area contributed by atoms with Crippen molar-refractivity contribution in [1.29, 1.82) is 0 Å². The van der Waals surface area contributed by atoms with Gasteiger partial charge in [-0.3, -0.25) is 34.3 Å². The predicted octanol–water partition coefficient (Wildman–Crippen LogP) is 7.12. The van der Waals surface area contributed by atoms with Gasteiger partial charge >= 0.3 is 0 Å². The molecule has 0 aromatic heterocycles. The summed E-state index contributed by atoms with van der Waals surface area (Å²) in [6.45, 7) is 1.95. The van der Waals surface area contributed by atoms with Crippen molar-refractivity contribution in [2.45, 2.75) is 31.1 Å². The topological polar surface area (TPSA) is 124 Å². The lowest BCUT2D eigenvalue weighted by Crippen LogP contribution is -2.53. The van der Waals surface area contributed by atoms with Crippen molar-refractivity contribution in [2.24, 2.45) is 23.7 Å². The van der Waals surface area contributed by atoms with Gasteiger partial charge in [-0.2, -0.15) is 5.01 Å². The summed E-state index contributed by atoms with van der Waals surface area (Å²) >= 11 is 0. The molecule has 3 fully saturated rings. The van der Waals surface area contributed by atoms with Crippen LogP contribution in [0.2, 0.25) is 0 Å². The fourth-order valence-electron chi connectivity index (χ4n) is 9.60. The average molecular weight is 728 g/mol. The smallest absolute Gasteiger partial charge is 0.260 e. The molecule has 2 saturated heterocycles. The number of carbonyl (C=O) groups is 5. The number of anilines is 2. The fraction of sp³-hybridized carbons (Fsp3) is 0.196. The minimum atomic E-state index is -1.48. The van der Waals surface area contributed by atoms with E-state index in [0.29, 0.717) is 33.6 Å². The van der Waals surface area contributed by atoms with E-state index in [0.717, 1.165) is 16.1 Å². The zero-order valence-corrected chi connectivity index (χ0v) is 30.0. The Bertz CT molecular complexity index is 2410. The van der Waals surface area contributed by atoms with Crippen LogP contribution in [0, 0.1) is 30.6 Å². The molecule has 0 bridgehead atoms. The number of allylic oxidation sites excluding steroid dienone is 2. The minimum Gasteiger partial charge on any atom is -0.508 e. The molecule has 9 rings (SSSR count). The molecule has 4 amide bonds. The number of para-hydroxylation sites is 1. The summed E-state index contributed by atoms with van der Waals surface area (Å²) in [6, 6.07) is 38.8. The highest BCUT2D eigenvalue weighted by Gasteiger charge is 2.70. The molecule has 2 aliphatic carbocycles. The first-order chi connectivity index (χ1) is 26.7. The number of hydrogen-bond donors (Lipinski definition) is 2. The zero-order valence-electron chi connectivity index (χ0n) is 30.0. The van der Waals surface area contributed by atoms with Crippen molar-refractivity contribution in [3.05, 3.63) is 173 Å². The molecule has 6 atom stereocenters. The number of amides is 4. The third-order valence-corrected chi connectivity index (χ3v) is 12.1. The van der Waals surface area contributed by atoms with Crippen LogP contribution in [-0.4, -0.2) is 39.5 Å². The Labute approximate surface area is 317 Å². The van der Waals surface area contributed by atoms with Gasteiger partial charge < -0.3 is 5.11 Å². The van der Waals surface area contributed by atoms with Crippen molar-refractivity contribution in [3.8, 4) is 5.75 Å². The van der Waals surface area contributed by atoms with Gasteiger partial charge in [-0.05, 0) is 73.7 Å². The second-order valence-corrected chi connectivity index (χ2v) is 14.9. The number of ketones is 1. The van der Waals surface area contributed by atoms with E-state index in [1.165, 1.54) is 4.90 Å². The first kappa shape index (κ1) is 34.2. The highest BCUT2D eigenvalue weighted by molar-refractivity contribution is 6.23. The van der Waals surface area contributed by atoms with Gasteiger partial charge in [0.15, 0.2) is 5.78 Å². The molecule has 9 nitrogen and oxygen atoms in total. The number of hydrogen-bond acceptors (Lipinski definition) is 7. The van der Waals surface area contributed by atoms with Crippen LogP contribution in [0.15, 0.2) is 145 Å². The van der Waals surface area contributed by atoms with Gasteiger partial charge in [0.1, 0.15) is 5.75 Å². The van der Waals surface area contributed by atoms with Crippen molar-refractivity contribution >= 4 is 40.8 Å². The molecule has 9 heteroatoms. The van der Waals surface area contributed by atoms with Crippen molar-refractivity contribution in [1.82, 2.24) is 5.01 Å².